The molecule has 106 valence electrons. The van der Waals surface area contributed by atoms with E-state index in [1.54, 1.807) is 35.7 Å². The molecule has 2 aromatic rings. The lowest BCUT2D eigenvalue weighted by molar-refractivity contribution is 0.340. The zero-order valence-corrected chi connectivity index (χ0v) is 12.4. The first-order valence-electron chi connectivity index (χ1n) is 5.93. The van der Waals surface area contributed by atoms with Gasteiger partial charge in [0, 0.05) is 0 Å². The number of sulfonamides is 1. The van der Waals surface area contributed by atoms with Crippen molar-refractivity contribution in [3.8, 4) is 5.75 Å². The fourth-order valence-electron chi connectivity index (χ4n) is 1.45. The Morgan fingerprint density at radius 3 is 2.65 bits per heavy atom. The smallest absolute Gasteiger partial charge is 0.286 e. The molecule has 0 fully saturated rings. The molecular formula is C13H14N2O3S2. The summed E-state index contributed by atoms with van der Waals surface area (Å²) >= 11 is 1.14. The first-order chi connectivity index (χ1) is 9.62. The van der Waals surface area contributed by atoms with Crippen molar-refractivity contribution in [3.05, 3.63) is 47.3 Å². The third kappa shape index (κ3) is 3.82. The lowest BCUT2D eigenvalue weighted by atomic mass is 10.2. The second kappa shape index (κ2) is 6.53. The number of hydrogen-bond donors (Lipinski definition) is 1. The number of rotatable bonds is 6. The number of hydrogen-bond acceptors (Lipinski definition) is 5. The van der Waals surface area contributed by atoms with Crippen molar-refractivity contribution in [3.63, 3.8) is 0 Å². The Bertz CT molecular complexity index is 662. The molecule has 1 aromatic heterocycles. The summed E-state index contributed by atoms with van der Waals surface area (Å²) in [4.78, 5) is 2.17. The molecule has 0 atom stereocenters. The summed E-state index contributed by atoms with van der Waals surface area (Å²) in [5.41, 5.74) is 0.780. The Kier molecular flexibility index (Phi) is 4.75. The van der Waals surface area contributed by atoms with E-state index in [1.807, 2.05) is 6.92 Å². The van der Waals surface area contributed by atoms with E-state index in [4.69, 9.17) is 4.74 Å². The first kappa shape index (κ1) is 14.5. The molecule has 2 rings (SSSR count). The third-order valence-corrected chi connectivity index (χ3v) is 4.96. The molecule has 0 bridgehead atoms. The highest BCUT2D eigenvalue weighted by atomic mass is 32.2. The van der Waals surface area contributed by atoms with Gasteiger partial charge in [-0.3, -0.25) is 0 Å². The van der Waals surface area contributed by atoms with E-state index in [2.05, 4.69) is 9.93 Å². The van der Waals surface area contributed by atoms with Gasteiger partial charge in [0.15, 0.2) is 0 Å². The van der Waals surface area contributed by atoms with Crippen LogP contribution in [0.3, 0.4) is 0 Å². The van der Waals surface area contributed by atoms with Crippen molar-refractivity contribution < 1.29 is 13.2 Å². The second-order valence-electron chi connectivity index (χ2n) is 3.79. The van der Waals surface area contributed by atoms with Crippen molar-refractivity contribution in [1.82, 2.24) is 4.83 Å². The normalized spacial score (nSPS) is 11.7. The van der Waals surface area contributed by atoms with Crippen LogP contribution >= 0.6 is 11.3 Å². The van der Waals surface area contributed by atoms with E-state index in [9.17, 15) is 8.42 Å². The van der Waals surface area contributed by atoms with E-state index >= 15 is 0 Å². The molecule has 0 saturated carbocycles. The third-order valence-electron chi connectivity index (χ3n) is 2.34. The molecule has 0 aliphatic rings. The summed E-state index contributed by atoms with van der Waals surface area (Å²) in [6, 6.07) is 10.4. The molecule has 0 aliphatic heterocycles. The SMILES string of the molecule is CCOc1ccc(/C=N/NS(=O)(=O)c2cccs2)cc1. The molecule has 7 heteroatoms. The van der Waals surface area contributed by atoms with E-state index < -0.39 is 10.0 Å². The number of hydrazone groups is 1. The summed E-state index contributed by atoms with van der Waals surface area (Å²) in [6.45, 7) is 2.52. The summed E-state index contributed by atoms with van der Waals surface area (Å²) < 4.78 is 29.1. The van der Waals surface area contributed by atoms with Crippen LogP contribution in [-0.4, -0.2) is 21.2 Å². The van der Waals surface area contributed by atoms with Gasteiger partial charge < -0.3 is 4.74 Å². The minimum Gasteiger partial charge on any atom is -0.494 e. The monoisotopic (exact) mass is 310 g/mol. The van der Waals surface area contributed by atoms with Gasteiger partial charge in [0.05, 0.1) is 12.8 Å². The minimum absolute atomic E-state index is 0.237. The predicted molar refractivity (Wildman–Crippen MR) is 79.8 cm³/mol. The summed E-state index contributed by atoms with van der Waals surface area (Å²) in [7, 11) is -3.56. The quantitative estimate of drug-likeness (QED) is 0.658. The van der Waals surface area contributed by atoms with Gasteiger partial charge >= 0.3 is 0 Å². The van der Waals surface area contributed by atoms with Gasteiger partial charge in [-0.1, -0.05) is 6.07 Å². The Morgan fingerprint density at radius 1 is 1.30 bits per heavy atom. The minimum atomic E-state index is -3.56. The molecule has 0 aliphatic carbocycles. The number of benzene rings is 1. The largest absolute Gasteiger partial charge is 0.494 e. The summed E-state index contributed by atoms with van der Waals surface area (Å²) in [6.07, 6.45) is 1.45. The van der Waals surface area contributed by atoms with Crippen LogP contribution in [0.15, 0.2) is 51.1 Å². The molecule has 1 aromatic carbocycles. The number of thiophene rings is 1. The number of nitrogens with one attached hydrogen (secondary N) is 1. The highest BCUT2D eigenvalue weighted by Gasteiger charge is 2.12. The lowest BCUT2D eigenvalue weighted by Gasteiger charge is -2.02. The average Bonchev–Trinajstić information content (AvgIpc) is 2.96. The average molecular weight is 310 g/mol. The summed E-state index contributed by atoms with van der Waals surface area (Å²) in [5, 5.41) is 5.45. The highest BCUT2D eigenvalue weighted by Crippen LogP contribution is 2.15. The highest BCUT2D eigenvalue weighted by molar-refractivity contribution is 7.91. The van der Waals surface area contributed by atoms with Crippen LogP contribution in [0.2, 0.25) is 0 Å². The molecule has 0 saturated heterocycles. The molecular weight excluding hydrogens is 296 g/mol. The van der Waals surface area contributed by atoms with Gasteiger partial charge in [0.25, 0.3) is 10.0 Å². The van der Waals surface area contributed by atoms with E-state index in [-0.39, 0.29) is 4.21 Å². The molecule has 0 spiro atoms. The van der Waals surface area contributed by atoms with Crippen molar-refractivity contribution in [2.24, 2.45) is 5.10 Å². The molecule has 1 N–H and O–H groups in total. The molecule has 1 heterocycles. The lowest BCUT2D eigenvalue weighted by Crippen LogP contribution is -2.17. The fraction of sp³-hybridized carbons (Fsp3) is 0.154. The molecule has 0 radical (unpaired) electrons. The predicted octanol–water partition coefficient (Wildman–Crippen LogP) is 2.46. The maximum absolute atomic E-state index is 11.8. The Hall–Kier alpha value is -1.86. The Morgan fingerprint density at radius 2 is 2.05 bits per heavy atom. The van der Waals surface area contributed by atoms with E-state index in [0.717, 1.165) is 22.6 Å². The van der Waals surface area contributed by atoms with Gasteiger partial charge in [0.2, 0.25) is 0 Å². The Labute approximate surface area is 122 Å². The second-order valence-corrected chi connectivity index (χ2v) is 6.62. The zero-order valence-electron chi connectivity index (χ0n) is 10.8. The van der Waals surface area contributed by atoms with Gasteiger partial charge in [-0.05, 0) is 48.2 Å². The Balaban J connectivity index is 2.00. The van der Waals surface area contributed by atoms with Crippen molar-refractivity contribution in [2.75, 3.05) is 6.61 Å². The van der Waals surface area contributed by atoms with Gasteiger partial charge in [0.1, 0.15) is 9.96 Å². The summed E-state index contributed by atoms with van der Waals surface area (Å²) in [5.74, 6) is 0.767. The van der Waals surface area contributed by atoms with Crippen LogP contribution < -0.4 is 9.57 Å². The standard InChI is InChI=1S/C13H14N2O3S2/c1-2-18-12-7-5-11(6-8-12)10-14-15-20(16,17)13-4-3-9-19-13/h3-10,15H,2H2,1H3/b14-10+. The fourth-order valence-corrected chi connectivity index (χ4v) is 3.22. The molecule has 20 heavy (non-hydrogen) atoms. The van der Waals surface area contributed by atoms with Crippen LogP contribution in [0.1, 0.15) is 12.5 Å². The van der Waals surface area contributed by atoms with Crippen LogP contribution in [-0.2, 0) is 10.0 Å². The van der Waals surface area contributed by atoms with Gasteiger partial charge in [-0.15, -0.1) is 11.3 Å². The van der Waals surface area contributed by atoms with Crippen LogP contribution in [0.25, 0.3) is 0 Å². The topological polar surface area (TPSA) is 67.8 Å². The van der Waals surface area contributed by atoms with Gasteiger partial charge in [-0.25, -0.2) is 0 Å². The molecule has 5 nitrogen and oxygen atoms in total. The van der Waals surface area contributed by atoms with E-state index in [1.165, 1.54) is 12.3 Å². The molecule has 0 unspecified atom stereocenters. The van der Waals surface area contributed by atoms with Gasteiger partial charge in [-0.2, -0.15) is 18.4 Å². The first-order valence-corrected chi connectivity index (χ1v) is 8.29. The zero-order chi connectivity index (χ0) is 14.4. The van der Waals surface area contributed by atoms with Crippen molar-refractivity contribution in [2.45, 2.75) is 11.1 Å². The van der Waals surface area contributed by atoms with Crippen LogP contribution in [0.5, 0.6) is 5.75 Å². The number of ether oxygens (including phenoxy) is 1. The van der Waals surface area contributed by atoms with Crippen molar-refractivity contribution >= 4 is 27.6 Å². The van der Waals surface area contributed by atoms with Crippen molar-refractivity contribution in [1.29, 1.82) is 0 Å². The molecule has 0 amide bonds. The number of nitrogens with zero attached hydrogens (tertiary/aromatic N) is 1. The van der Waals surface area contributed by atoms with Crippen LogP contribution in [0.4, 0.5) is 0 Å². The maximum Gasteiger partial charge on any atom is 0.286 e. The maximum atomic E-state index is 11.8. The van der Waals surface area contributed by atoms with Crippen LogP contribution in [0, 0.1) is 0 Å². The van der Waals surface area contributed by atoms with E-state index in [0.29, 0.717) is 6.61 Å².